The molecule has 0 aliphatic rings. The van der Waals surface area contributed by atoms with E-state index in [0.717, 1.165) is 0 Å². The molecule has 0 N–H and O–H groups in total. The number of alkyl halides is 2. The van der Waals surface area contributed by atoms with Crippen molar-refractivity contribution in [1.29, 1.82) is 0 Å². The van der Waals surface area contributed by atoms with Gasteiger partial charge in [0.25, 0.3) is 11.7 Å². The van der Waals surface area contributed by atoms with Crippen LogP contribution in [0, 0.1) is 0 Å². The summed E-state index contributed by atoms with van der Waals surface area (Å²) in [6.07, 6.45) is -2.66. The van der Waals surface area contributed by atoms with Gasteiger partial charge in [0.15, 0.2) is 0 Å². The second-order valence-electron chi connectivity index (χ2n) is 2.16. The van der Waals surface area contributed by atoms with Crippen LogP contribution in [0.15, 0.2) is 24.3 Å². The number of halogens is 3. The Bertz CT molecular complexity index is 299. The average molecular weight is 191 g/mol. The van der Waals surface area contributed by atoms with Crippen LogP contribution in [0.4, 0.5) is 8.78 Å². The van der Waals surface area contributed by atoms with Crippen LogP contribution in [-0.4, -0.2) is 5.24 Å². The van der Waals surface area contributed by atoms with E-state index in [1.165, 1.54) is 24.3 Å². The molecule has 0 saturated carbocycles. The Balaban J connectivity index is 3.17. The monoisotopic (exact) mass is 190 g/mol. The standard InChI is InChI=1S/C8H5ClF2O/c9-7(12)5-3-1-2-4-6(5)8(10)11/h1-4,8H. The fraction of sp³-hybridized carbons (Fsp3) is 0.125. The number of carbonyl (C=O) groups is 1. The van der Waals surface area contributed by atoms with E-state index in [-0.39, 0.29) is 11.1 Å². The first-order chi connectivity index (χ1) is 5.63. The van der Waals surface area contributed by atoms with Crippen LogP contribution in [0.1, 0.15) is 22.3 Å². The van der Waals surface area contributed by atoms with Gasteiger partial charge in [-0.05, 0) is 17.7 Å². The molecule has 0 aliphatic carbocycles. The molecule has 0 fully saturated rings. The SMILES string of the molecule is O=C(Cl)c1ccccc1C(F)F. The fourth-order valence-corrected chi connectivity index (χ4v) is 1.04. The van der Waals surface area contributed by atoms with Crippen LogP contribution < -0.4 is 0 Å². The fourth-order valence-electron chi connectivity index (χ4n) is 0.866. The molecule has 0 radical (unpaired) electrons. The van der Waals surface area contributed by atoms with Crippen molar-refractivity contribution in [2.75, 3.05) is 0 Å². The summed E-state index contributed by atoms with van der Waals surface area (Å²) in [5.41, 5.74) is -0.452. The summed E-state index contributed by atoms with van der Waals surface area (Å²) in [5, 5.41) is -0.856. The number of benzene rings is 1. The normalized spacial score (nSPS) is 10.3. The first kappa shape index (κ1) is 9.13. The van der Waals surface area contributed by atoms with Gasteiger partial charge in [-0.2, -0.15) is 0 Å². The van der Waals surface area contributed by atoms with Crippen molar-refractivity contribution in [2.24, 2.45) is 0 Å². The highest BCUT2D eigenvalue weighted by Gasteiger charge is 2.15. The van der Waals surface area contributed by atoms with E-state index in [9.17, 15) is 13.6 Å². The molecule has 64 valence electrons. The van der Waals surface area contributed by atoms with Crippen molar-refractivity contribution in [3.63, 3.8) is 0 Å². The Labute approximate surface area is 73.0 Å². The summed E-state index contributed by atoms with van der Waals surface area (Å²) in [7, 11) is 0. The maximum Gasteiger partial charge on any atom is 0.264 e. The molecule has 1 nitrogen and oxygen atoms in total. The Kier molecular flexibility index (Phi) is 2.76. The molecular weight excluding hydrogens is 186 g/mol. The molecule has 1 aromatic carbocycles. The van der Waals surface area contributed by atoms with Gasteiger partial charge in [-0.1, -0.05) is 18.2 Å². The van der Waals surface area contributed by atoms with E-state index in [1.54, 1.807) is 0 Å². The average Bonchev–Trinajstić information content (AvgIpc) is 2.04. The molecule has 4 heteroatoms. The summed E-state index contributed by atoms with van der Waals surface area (Å²) in [5.74, 6) is 0. The lowest BCUT2D eigenvalue weighted by Gasteiger charge is -2.02. The Morgan fingerprint density at radius 3 is 2.33 bits per heavy atom. The van der Waals surface area contributed by atoms with E-state index < -0.39 is 11.7 Å². The number of hydrogen-bond donors (Lipinski definition) is 0. The number of rotatable bonds is 2. The van der Waals surface area contributed by atoms with E-state index in [4.69, 9.17) is 11.6 Å². The summed E-state index contributed by atoms with van der Waals surface area (Å²) < 4.78 is 24.4. The molecule has 12 heavy (non-hydrogen) atoms. The summed E-state index contributed by atoms with van der Waals surface area (Å²) in [6, 6.07) is 5.38. The van der Waals surface area contributed by atoms with E-state index >= 15 is 0 Å². The predicted octanol–water partition coefficient (Wildman–Crippen LogP) is 3.00. The minimum atomic E-state index is -2.66. The Morgan fingerprint density at radius 2 is 1.92 bits per heavy atom. The molecule has 0 atom stereocenters. The third-order valence-electron chi connectivity index (χ3n) is 1.41. The highest BCUT2D eigenvalue weighted by Crippen LogP contribution is 2.23. The summed E-state index contributed by atoms with van der Waals surface area (Å²) in [6.45, 7) is 0. The van der Waals surface area contributed by atoms with Gasteiger partial charge in [-0.25, -0.2) is 8.78 Å². The van der Waals surface area contributed by atoms with Crippen molar-refractivity contribution in [1.82, 2.24) is 0 Å². The minimum absolute atomic E-state index is 0.130. The number of carbonyl (C=O) groups excluding carboxylic acids is 1. The van der Waals surface area contributed by atoms with Gasteiger partial charge in [-0.3, -0.25) is 4.79 Å². The molecular formula is C8H5ClF2O. The second kappa shape index (κ2) is 3.63. The van der Waals surface area contributed by atoms with Crippen molar-refractivity contribution >= 4 is 16.8 Å². The van der Waals surface area contributed by atoms with Gasteiger partial charge < -0.3 is 0 Å². The van der Waals surface area contributed by atoms with E-state index in [0.29, 0.717) is 0 Å². The quantitative estimate of drug-likeness (QED) is 0.656. The largest absolute Gasteiger partial charge is 0.276 e. The van der Waals surface area contributed by atoms with E-state index in [2.05, 4.69) is 0 Å². The lowest BCUT2D eigenvalue weighted by Crippen LogP contribution is -1.96. The number of hydrogen-bond acceptors (Lipinski definition) is 1. The van der Waals surface area contributed by atoms with Crippen LogP contribution in [-0.2, 0) is 0 Å². The highest BCUT2D eigenvalue weighted by atomic mass is 35.5. The lowest BCUT2D eigenvalue weighted by atomic mass is 10.1. The van der Waals surface area contributed by atoms with Crippen molar-refractivity contribution in [2.45, 2.75) is 6.43 Å². The molecule has 0 bridgehead atoms. The summed E-state index contributed by atoms with van der Waals surface area (Å²) >= 11 is 5.08. The summed E-state index contributed by atoms with van der Waals surface area (Å²) in [4.78, 5) is 10.6. The molecule has 0 saturated heterocycles. The Hall–Kier alpha value is -0.960. The maximum atomic E-state index is 12.2. The van der Waals surface area contributed by atoms with Gasteiger partial charge in [-0.15, -0.1) is 0 Å². The highest BCUT2D eigenvalue weighted by molar-refractivity contribution is 6.67. The zero-order valence-corrected chi connectivity index (χ0v) is 6.68. The second-order valence-corrected chi connectivity index (χ2v) is 2.50. The van der Waals surface area contributed by atoms with Crippen LogP contribution in [0.2, 0.25) is 0 Å². The van der Waals surface area contributed by atoms with Crippen LogP contribution >= 0.6 is 11.6 Å². The molecule has 0 aliphatic heterocycles. The zero-order chi connectivity index (χ0) is 9.14. The third-order valence-corrected chi connectivity index (χ3v) is 1.61. The van der Waals surface area contributed by atoms with Crippen LogP contribution in [0.3, 0.4) is 0 Å². The van der Waals surface area contributed by atoms with Gasteiger partial charge in [0.05, 0.1) is 0 Å². The van der Waals surface area contributed by atoms with Gasteiger partial charge >= 0.3 is 0 Å². The van der Waals surface area contributed by atoms with Crippen molar-refractivity contribution in [3.05, 3.63) is 35.4 Å². The third kappa shape index (κ3) is 1.80. The van der Waals surface area contributed by atoms with Crippen molar-refractivity contribution in [3.8, 4) is 0 Å². The first-order valence-electron chi connectivity index (χ1n) is 3.20. The molecule has 0 spiro atoms. The van der Waals surface area contributed by atoms with E-state index in [1.807, 2.05) is 0 Å². The lowest BCUT2D eigenvalue weighted by molar-refractivity contribution is 0.106. The van der Waals surface area contributed by atoms with Gasteiger partial charge in [0, 0.05) is 11.1 Å². The molecule has 1 aromatic rings. The first-order valence-corrected chi connectivity index (χ1v) is 3.57. The molecule has 0 heterocycles. The van der Waals surface area contributed by atoms with Crippen molar-refractivity contribution < 1.29 is 13.6 Å². The Morgan fingerprint density at radius 1 is 1.33 bits per heavy atom. The van der Waals surface area contributed by atoms with Crippen LogP contribution in [0.5, 0.6) is 0 Å². The molecule has 1 rings (SSSR count). The molecule has 0 amide bonds. The predicted molar refractivity (Wildman–Crippen MR) is 41.6 cm³/mol. The van der Waals surface area contributed by atoms with Crippen LogP contribution in [0.25, 0.3) is 0 Å². The van der Waals surface area contributed by atoms with Gasteiger partial charge in [0.2, 0.25) is 0 Å². The zero-order valence-electron chi connectivity index (χ0n) is 5.93. The molecule has 0 aromatic heterocycles. The maximum absolute atomic E-state index is 12.2. The topological polar surface area (TPSA) is 17.1 Å². The molecule has 0 unspecified atom stereocenters. The van der Waals surface area contributed by atoms with Gasteiger partial charge in [0.1, 0.15) is 0 Å². The smallest absolute Gasteiger partial charge is 0.264 e. The minimum Gasteiger partial charge on any atom is -0.276 e.